The van der Waals surface area contributed by atoms with Gasteiger partial charge in [-0.15, -0.1) is 0 Å². The third-order valence-corrected chi connectivity index (χ3v) is 13.0. The maximum Gasteiger partial charge on any atom is 0.306 e. The van der Waals surface area contributed by atoms with Crippen LogP contribution in [0.3, 0.4) is 0 Å². The highest BCUT2D eigenvalue weighted by Crippen LogP contribution is 2.40. The van der Waals surface area contributed by atoms with Crippen LogP contribution in [0.1, 0.15) is 138 Å². The number of nitrogens with zero attached hydrogens (tertiary/aromatic N) is 5. The Morgan fingerprint density at radius 2 is 1.70 bits per heavy atom. The molecule has 2 aliphatic heterocycles. The van der Waals surface area contributed by atoms with E-state index >= 15 is 0 Å². The molecule has 2 aromatic heterocycles. The van der Waals surface area contributed by atoms with Gasteiger partial charge in [0.1, 0.15) is 18.4 Å². The number of carbonyl (C=O) groups is 1. The first-order valence-electron chi connectivity index (χ1n) is 19.9. The van der Waals surface area contributed by atoms with Crippen molar-refractivity contribution >= 4 is 17.7 Å². The molecule has 0 radical (unpaired) electrons. The molecule has 9 heteroatoms. The van der Waals surface area contributed by atoms with Gasteiger partial charge in [0.15, 0.2) is 0 Å². The summed E-state index contributed by atoms with van der Waals surface area (Å²) in [6, 6.07) is 12.3. The van der Waals surface area contributed by atoms with Crippen molar-refractivity contribution in [3.8, 4) is 0 Å². The average Bonchev–Trinajstić information content (AvgIpc) is 3.65. The minimum Gasteiger partial charge on any atom is -0.481 e. The number of hydrogen-bond acceptors (Lipinski definition) is 6. The summed E-state index contributed by atoms with van der Waals surface area (Å²) in [5.41, 5.74) is 5.08. The predicted molar refractivity (Wildman–Crippen MR) is 199 cm³/mol. The number of piperidine rings is 2. The second-order valence-corrected chi connectivity index (χ2v) is 16.3. The van der Waals surface area contributed by atoms with Crippen LogP contribution < -0.4 is 10.6 Å². The number of hydrogen-bond donors (Lipinski definition) is 3. The number of aromatic nitrogens is 4. The molecule has 0 spiro atoms. The molecule has 50 heavy (non-hydrogen) atoms. The summed E-state index contributed by atoms with van der Waals surface area (Å²) >= 11 is 0. The van der Waals surface area contributed by atoms with Crippen molar-refractivity contribution in [1.29, 1.82) is 0 Å². The van der Waals surface area contributed by atoms with Gasteiger partial charge in [-0.1, -0.05) is 37.3 Å². The number of quaternary nitrogens is 1. The summed E-state index contributed by atoms with van der Waals surface area (Å²) < 4.78 is 3.32. The number of benzene rings is 1. The summed E-state index contributed by atoms with van der Waals surface area (Å²) in [4.78, 5) is 22.3. The Hall–Kier alpha value is -3.46. The van der Waals surface area contributed by atoms with Crippen LogP contribution in [-0.2, 0) is 17.6 Å². The van der Waals surface area contributed by atoms with Crippen LogP contribution in [0, 0.1) is 11.8 Å². The van der Waals surface area contributed by atoms with Gasteiger partial charge < -0.3 is 20.2 Å². The molecule has 1 saturated carbocycles. The molecule has 7 rings (SSSR count). The summed E-state index contributed by atoms with van der Waals surface area (Å²) in [5.74, 6) is 1.71. The van der Waals surface area contributed by atoms with Crippen molar-refractivity contribution < 1.29 is 14.4 Å². The average molecular weight is 683 g/mol. The molecule has 9 nitrogen and oxygen atoms in total. The van der Waals surface area contributed by atoms with Gasteiger partial charge in [-0.2, -0.15) is 10.1 Å². The van der Waals surface area contributed by atoms with Crippen LogP contribution in [0.15, 0.2) is 42.7 Å². The maximum atomic E-state index is 11.7. The van der Waals surface area contributed by atoms with Crippen molar-refractivity contribution in [2.75, 3.05) is 30.3 Å². The van der Waals surface area contributed by atoms with E-state index in [4.69, 9.17) is 15.1 Å². The number of nitrogens with one attached hydrogen (secondary N) is 2. The minimum atomic E-state index is -0.647. The molecule has 3 atom stereocenters. The van der Waals surface area contributed by atoms with Crippen LogP contribution in [0.25, 0.3) is 0 Å². The number of aliphatic carboxylic acids is 1. The predicted octanol–water partition coefficient (Wildman–Crippen LogP) is 8.31. The van der Waals surface area contributed by atoms with E-state index in [0.717, 1.165) is 69.8 Å². The fourth-order valence-electron chi connectivity index (χ4n) is 9.98. The molecule has 1 aromatic carbocycles. The number of carboxylic acid groups (broad SMARTS) is 1. The molecule has 270 valence electrons. The van der Waals surface area contributed by atoms with E-state index in [1.807, 2.05) is 0 Å². The lowest BCUT2D eigenvalue weighted by Gasteiger charge is -2.52. The summed E-state index contributed by atoms with van der Waals surface area (Å²) in [6.45, 7) is 10.2. The van der Waals surface area contributed by atoms with Gasteiger partial charge in [0.25, 0.3) is 0 Å². The van der Waals surface area contributed by atoms with Crippen LogP contribution in [0.4, 0.5) is 11.8 Å². The van der Waals surface area contributed by atoms with Crippen LogP contribution >= 0.6 is 0 Å². The zero-order valence-electron chi connectivity index (χ0n) is 30.7. The van der Waals surface area contributed by atoms with Gasteiger partial charge in [-0.05, 0) is 121 Å². The van der Waals surface area contributed by atoms with E-state index in [-0.39, 0.29) is 18.0 Å². The summed E-state index contributed by atoms with van der Waals surface area (Å²) in [7, 11) is 0. The van der Waals surface area contributed by atoms with Gasteiger partial charge in [-0.25, -0.2) is 4.98 Å². The van der Waals surface area contributed by atoms with Gasteiger partial charge >= 0.3 is 5.97 Å². The van der Waals surface area contributed by atoms with E-state index in [1.165, 1.54) is 78.5 Å². The van der Waals surface area contributed by atoms with E-state index in [1.54, 1.807) is 0 Å². The molecule has 2 aliphatic carbocycles. The van der Waals surface area contributed by atoms with Crippen molar-refractivity contribution in [3.05, 3.63) is 65.1 Å². The monoisotopic (exact) mass is 682 g/mol. The van der Waals surface area contributed by atoms with Gasteiger partial charge in [-0.3, -0.25) is 9.48 Å². The number of carboxylic acids is 1. The van der Waals surface area contributed by atoms with E-state index in [2.05, 4.69) is 78.8 Å². The zero-order chi connectivity index (χ0) is 34.7. The molecule has 3 fully saturated rings. The third-order valence-electron chi connectivity index (χ3n) is 13.0. The number of aryl methyl sites for hydroxylation is 1. The highest BCUT2D eigenvalue weighted by atomic mass is 16.4. The molecule has 0 bridgehead atoms. The molecule has 4 heterocycles. The molecular formula is C41H60N7O2+. The second kappa shape index (κ2) is 15.4. The summed E-state index contributed by atoms with van der Waals surface area (Å²) in [5, 5.41) is 22.4. The topological polar surface area (TPSA) is 105 Å². The van der Waals surface area contributed by atoms with Gasteiger partial charge in [0.05, 0.1) is 36.9 Å². The Kier molecular flexibility index (Phi) is 10.8. The first-order valence-corrected chi connectivity index (χ1v) is 19.9. The normalized spacial score (nSPS) is 27.9. The summed E-state index contributed by atoms with van der Waals surface area (Å²) in [6.07, 6.45) is 19.7. The SMILES string of the molecule is CC[C@@H](Nc1nc2c(c(N[C@@H](C[N+]34CCCCC3CCCC4)c3cnn(C(C)C)c3)n1)C[C@H](c1ccccc1)CC2)C1CCC(C(=O)O)CC1. The Morgan fingerprint density at radius 1 is 0.960 bits per heavy atom. The van der Waals surface area contributed by atoms with E-state index < -0.39 is 5.97 Å². The van der Waals surface area contributed by atoms with Crippen LogP contribution in [0.2, 0.25) is 0 Å². The van der Waals surface area contributed by atoms with Crippen molar-refractivity contribution in [1.82, 2.24) is 19.7 Å². The Bertz CT molecular complexity index is 1570. The fourth-order valence-corrected chi connectivity index (χ4v) is 9.98. The molecule has 4 aliphatic rings. The first kappa shape index (κ1) is 35.0. The first-order chi connectivity index (χ1) is 24.3. The van der Waals surface area contributed by atoms with Gasteiger partial charge in [0.2, 0.25) is 5.95 Å². The molecule has 0 unspecified atom stereocenters. The molecule has 0 amide bonds. The second-order valence-electron chi connectivity index (χ2n) is 16.3. The molecule has 2 saturated heterocycles. The fraction of sp³-hybridized carbons (Fsp3) is 0.659. The van der Waals surface area contributed by atoms with Crippen LogP contribution in [-0.4, -0.2) is 67.0 Å². The standard InChI is InChI=1S/C41H59N7O2/c1-4-36(30-16-18-31(19-17-30)40(49)50)44-41-45-37-21-20-32(29-12-6-5-7-13-29)24-35(37)39(46-41)43-38(33-25-42-47(26-33)28(2)3)27-48-22-10-8-14-34(48)15-9-11-23-48/h5-7,12-13,25-26,28,30-32,34,36,38H,4,8-11,14-24,27H2,1-3H3,(H2-,43,44,45,46,49,50)/p+1/t30?,31?,32-,34?,36-,38+,48?/m1/s1. The Balaban J connectivity index is 1.23. The van der Waals surface area contributed by atoms with Crippen LogP contribution in [0.5, 0.6) is 0 Å². The largest absolute Gasteiger partial charge is 0.481 e. The van der Waals surface area contributed by atoms with Crippen molar-refractivity contribution in [2.45, 2.75) is 141 Å². The van der Waals surface area contributed by atoms with Gasteiger partial charge in [0, 0.05) is 29.4 Å². The molecule has 3 N–H and O–H groups in total. The highest BCUT2D eigenvalue weighted by Gasteiger charge is 2.43. The number of rotatable bonds is 12. The number of fused-ring (bicyclic) bond motifs is 2. The quantitative estimate of drug-likeness (QED) is 0.165. The Labute approximate surface area is 299 Å². The lowest BCUT2D eigenvalue weighted by atomic mass is 9.78. The lowest BCUT2D eigenvalue weighted by molar-refractivity contribution is -0.961. The Morgan fingerprint density at radius 3 is 2.36 bits per heavy atom. The molecular weight excluding hydrogens is 622 g/mol. The van der Waals surface area contributed by atoms with E-state index in [0.29, 0.717) is 23.8 Å². The van der Waals surface area contributed by atoms with Crippen molar-refractivity contribution in [3.63, 3.8) is 0 Å². The maximum absolute atomic E-state index is 11.7. The van der Waals surface area contributed by atoms with Crippen molar-refractivity contribution in [2.24, 2.45) is 11.8 Å². The number of anilines is 2. The minimum absolute atomic E-state index is 0.0958. The zero-order valence-corrected chi connectivity index (χ0v) is 30.7. The molecule has 3 aromatic rings. The third kappa shape index (κ3) is 7.58. The van der Waals surface area contributed by atoms with E-state index in [9.17, 15) is 9.90 Å². The lowest BCUT2D eigenvalue weighted by Crippen LogP contribution is -2.62. The highest BCUT2D eigenvalue weighted by molar-refractivity contribution is 5.70. The smallest absolute Gasteiger partial charge is 0.306 e.